The first kappa shape index (κ1) is 16.9. The maximum absolute atomic E-state index is 13.1. The first-order valence-corrected chi connectivity index (χ1v) is 8.62. The number of methoxy groups -OCH3 is 1. The summed E-state index contributed by atoms with van der Waals surface area (Å²) in [6.45, 7) is 1.76. The Morgan fingerprint density at radius 1 is 1.46 bits per heavy atom. The number of benzene rings is 1. The van der Waals surface area contributed by atoms with Crippen LogP contribution in [0.2, 0.25) is 0 Å². The summed E-state index contributed by atoms with van der Waals surface area (Å²) in [6.07, 6.45) is 3.79. The Hall–Kier alpha value is -1.90. The summed E-state index contributed by atoms with van der Waals surface area (Å²) >= 11 is 0. The van der Waals surface area contributed by atoms with Crippen molar-refractivity contribution in [1.82, 2.24) is 4.90 Å². The van der Waals surface area contributed by atoms with Crippen LogP contribution in [0, 0.1) is 17.2 Å². The maximum atomic E-state index is 13.1. The van der Waals surface area contributed by atoms with E-state index in [0.717, 1.165) is 24.8 Å². The lowest BCUT2D eigenvalue weighted by atomic mass is 9.93. The van der Waals surface area contributed by atoms with Crippen molar-refractivity contribution in [2.45, 2.75) is 37.8 Å². The zero-order chi connectivity index (χ0) is 16.9. The predicted molar refractivity (Wildman–Crippen MR) is 89.5 cm³/mol. The van der Waals surface area contributed by atoms with Gasteiger partial charge in [-0.25, -0.2) is 0 Å². The smallest absolute Gasteiger partial charge is 0.254 e. The van der Waals surface area contributed by atoms with Gasteiger partial charge in [0.25, 0.3) is 5.91 Å². The van der Waals surface area contributed by atoms with Crippen LogP contribution in [-0.4, -0.2) is 49.8 Å². The largest absolute Gasteiger partial charge is 0.381 e. The van der Waals surface area contributed by atoms with Gasteiger partial charge in [0.15, 0.2) is 0 Å². The minimum atomic E-state index is 0.0323. The molecule has 2 aliphatic rings. The van der Waals surface area contributed by atoms with Crippen LogP contribution in [0.15, 0.2) is 24.3 Å². The molecule has 5 heteroatoms. The van der Waals surface area contributed by atoms with Gasteiger partial charge in [-0.2, -0.15) is 5.26 Å². The third-order valence-corrected chi connectivity index (χ3v) is 5.18. The number of nitriles is 1. The van der Waals surface area contributed by atoms with E-state index in [1.54, 1.807) is 7.11 Å². The van der Waals surface area contributed by atoms with Gasteiger partial charge in [-0.3, -0.25) is 4.79 Å². The number of hydrogen-bond donors (Lipinski definition) is 0. The van der Waals surface area contributed by atoms with E-state index < -0.39 is 0 Å². The lowest BCUT2D eigenvalue weighted by Gasteiger charge is -2.40. The van der Waals surface area contributed by atoms with Gasteiger partial charge in [0, 0.05) is 25.1 Å². The molecule has 3 rings (SSSR count). The highest BCUT2D eigenvalue weighted by Crippen LogP contribution is 2.34. The van der Waals surface area contributed by atoms with Gasteiger partial charge in [0.05, 0.1) is 37.8 Å². The fourth-order valence-corrected chi connectivity index (χ4v) is 3.99. The fraction of sp³-hybridized carbons (Fsp3) is 0.579. The quantitative estimate of drug-likeness (QED) is 0.851. The summed E-state index contributed by atoms with van der Waals surface area (Å²) in [7, 11) is 1.75. The molecule has 0 bridgehead atoms. The molecule has 0 aromatic heterocycles. The highest BCUT2D eigenvalue weighted by atomic mass is 16.5. The van der Waals surface area contributed by atoms with Crippen molar-refractivity contribution in [1.29, 1.82) is 5.26 Å². The van der Waals surface area contributed by atoms with Crippen LogP contribution < -0.4 is 0 Å². The first-order chi connectivity index (χ1) is 11.7. The second-order valence-corrected chi connectivity index (χ2v) is 6.54. The van der Waals surface area contributed by atoms with E-state index >= 15 is 0 Å². The number of rotatable bonds is 4. The van der Waals surface area contributed by atoms with Crippen molar-refractivity contribution in [2.75, 3.05) is 26.9 Å². The molecule has 1 saturated heterocycles. The molecular formula is C19H24N2O3. The Kier molecular flexibility index (Phi) is 5.49. The van der Waals surface area contributed by atoms with Crippen molar-refractivity contribution in [3.05, 3.63) is 35.4 Å². The van der Waals surface area contributed by atoms with Crippen molar-refractivity contribution >= 4 is 5.91 Å². The Morgan fingerprint density at radius 2 is 2.33 bits per heavy atom. The van der Waals surface area contributed by atoms with Gasteiger partial charge in [-0.1, -0.05) is 18.6 Å². The normalized spacial score (nSPS) is 27.0. The van der Waals surface area contributed by atoms with Gasteiger partial charge in [0.2, 0.25) is 0 Å². The summed E-state index contributed by atoms with van der Waals surface area (Å²) < 4.78 is 11.3. The zero-order valence-corrected chi connectivity index (χ0v) is 14.1. The highest BCUT2D eigenvalue weighted by Gasteiger charge is 2.40. The molecule has 1 amide bonds. The molecule has 1 aliphatic carbocycles. The van der Waals surface area contributed by atoms with E-state index in [4.69, 9.17) is 14.7 Å². The molecule has 0 spiro atoms. The van der Waals surface area contributed by atoms with Crippen LogP contribution in [0.25, 0.3) is 0 Å². The van der Waals surface area contributed by atoms with Crippen LogP contribution in [0.1, 0.15) is 35.2 Å². The second-order valence-electron chi connectivity index (χ2n) is 6.54. The third-order valence-electron chi connectivity index (χ3n) is 5.18. The second kappa shape index (κ2) is 7.78. The van der Waals surface area contributed by atoms with Gasteiger partial charge in [-0.15, -0.1) is 0 Å². The molecule has 0 radical (unpaired) electrons. The van der Waals surface area contributed by atoms with Crippen LogP contribution >= 0.6 is 0 Å². The lowest BCUT2D eigenvalue weighted by Crippen LogP contribution is -2.53. The molecule has 128 valence electrons. The average Bonchev–Trinajstić information content (AvgIpc) is 3.10. The number of carbonyl (C=O) groups is 1. The molecule has 1 aromatic rings. The number of morpholine rings is 1. The third kappa shape index (κ3) is 3.45. The predicted octanol–water partition coefficient (Wildman–Crippen LogP) is 2.41. The Bertz CT molecular complexity index is 625. The summed E-state index contributed by atoms with van der Waals surface area (Å²) in [6, 6.07) is 9.60. The van der Waals surface area contributed by atoms with E-state index in [9.17, 15) is 4.79 Å². The molecule has 1 aliphatic heterocycles. The summed E-state index contributed by atoms with van der Waals surface area (Å²) in [5.41, 5.74) is 1.53. The van der Waals surface area contributed by atoms with E-state index in [-0.39, 0.29) is 18.1 Å². The van der Waals surface area contributed by atoms with E-state index in [0.29, 0.717) is 37.7 Å². The van der Waals surface area contributed by atoms with Crippen LogP contribution in [-0.2, 0) is 15.9 Å². The monoisotopic (exact) mass is 328 g/mol. The molecule has 1 aromatic carbocycles. The standard InChI is InChI=1S/C19H24N2O3/c1-23-18-7-3-6-16(18)17-13-24-11-10-21(17)19(22)15-5-2-4-14(12-15)8-9-20/h2,4-5,12,16-18H,3,6-8,10-11,13H2,1H3. The Morgan fingerprint density at radius 3 is 3.12 bits per heavy atom. The number of nitrogens with zero attached hydrogens (tertiary/aromatic N) is 2. The van der Waals surface area contributed by atoms with Crippen molar-refractivity contribution in [3.8, 4) is 6.07 Å². The topological polar surface area (TPSA) is 62.6 Å². The van der Waals surface area contributed by atoms with Crippen molar-refractivity contribution in [2.24, 2.45) is 5.92 Å². The van der Waals surface area contributed by atoms with Crippen LogP contribution in [0.5, 0.6) is 0 Å². The fourth-order valence-electron chi connectivity index (χ4n) is 3.99. The molecular weight excluding hydrogens is 304 g/mol. The zero-order valence-electron chi connectivity index (χ0n) is 14.1. The summed E-state index contributed by atoms with van der Waals surface area (Å²) in [5.74, 6) is 0.367. The van der Waals surface area contributed by atoms with E-state index in [2.05, 4.69) is 6.07 Å². The Balaban J connectivity index is 1.81. The highest BCUT2D eigenvalue weighted by molar-refractivity contribution is 5.94. The SMILES string of the molecule is COC1CCCC1C1COCCN1C(=O)c1cccc(CC#N)c1. The molecule has 2 fully saturated rings. The van der Waals surface area contributed by atoms with Crippen LogP contribution in [0.3, 0.4) is 0 Å². The molecule has 1 saturated carbocycles. The minimum Gasteiger partial charge on any atom is -0.381 e. The Labute approximate surface area is 143 Å². The average molecular weight is 328 g/mol. The molecule has 24 heavy (non-hydrogen) atoms. The van der Waals surface area contributed by atoms with Gasteiger partial charge < -0.3 is 14.4 Å². The number of amides is 1. The maximum Gasteiger partial charge on any atom is 0.254 e. The van der Waals surface area contributed by atoms with Crippen LogP contribution in [0.4, 0.5) is 0 Å². The molecule has 0 N–H and O–H groups in total. The van der Waals surface area contributed by atoms with Gasteiger partial charge >= 0.3 is 0 Å². The minimum absolute atomic E-state index is 0.0323. The lowest BCUT2D eigenvalue weighted by molar-refractivity contribution is -0.0460. The summed E-state index contributed by atoms with van der Waals surface area (Å²) in [4.78, 5) is 15.0. The first-order valence-electron chi connectivity index (χ1n) is 8.62. The van der Waals surface area contributed by atoms with E-state index in [1.165, 1.54) is 0 Å². The van der Waals surface area contributed by atoms with Crippen molar-refractivity contribution < 1.29 is 14.3 Å². The molecule has 3 atom stereocenters. The number of hydrogen-bond acceptors (Lipinski definition) is 4. The summed E-state index contributed by atoms with van der Waals surface area (Å²) in [5, 5.41) is 8.86. The molecule has 3 unspecified atom stereocenters. The molecule has 1 heterocycles. The molecule has 5 nitrogen and oxygen atoms in total. The van der Waals surface area contributed by atoms with Crippen molar-refractivity contribution in [3.63, 3.8) is 0 Å². The number of ether oxygens (including phenoxy) is 2. The van der Waals surface area contributed by atoms with Gasteiger partial charge in [-0.05, 0) is 30.5 Å². The van der Waals surface area contributed by atoms with E-state index in [1.807, 2.05) is 29.2 Å². The number of carbonyl (C=O) groups excluding carboxylic acids is 1. The van der Waals surface area contributed by atoms with Gasteiger partial charge in [0.1, 0.15) is 0 Å².